The van der Waals surface area contributed by atoms with Crippen molar-refractivity contribution >= 4 is 47.2 Å². The molecule has 0 radical (unpaired) electrons. The highest BCUT2D eigenvalue weighted by atomic mass is 35.5. The van der Waals surface area contributed by atoms with Gasteiger partial charge in [-0.15, -0.1) is 0 Å². The number of hydrogen-bond donors (Lipinski definition) is 3. The van der Waals surface area contributed by atoms with Crippen LogP contribution >= 0.6 is 23.2 Å². The van der Waals surface area contributed by atoms with Crippen LogP contribution in [-0.2, 0) is 55.0 Å². The van der Waals surface area contributed by atoms with Gasteiger partial charge in [-0.05, 0) is 102 Å². The van der Waals surface area contributed by atoms with Crippen LogP contribution in [0.25, 0.3) is 22.5 Å². The Morgan fingerprint density at radius 3 is 1.76 bits per heavy atom. The van der Waals surface area contributed by atoms with E-state index in [0.29, 0.717) is 49.3 Å². The fraction of sp³-hybridized carbons (Fsp3) is 0.488. The van der Waals surface area contributed by atoms with Crippen molar-refractivity contribution < 1.29 is 28.7 Å². The Bertz CT molecular complexity index is 2480. The van der Waals surface area contributed by atoms with Gasteiger partial charge in [-0.3, -0.25) is 9.59 Å². The summed E-state index contributed by atoms with van der Waals surface area (Å²) in [5.41, 5.74) is 10.1. The first-order valence-corrected chi connectivity index (χ1v) is 20.8. The van der Waals surface area contributed by atoms with E-state index in [1.54, 1.807) is 9.80 Å². The minimum Gasteiger partial charge on any atom is -0.444 e. The zero-order valence-corrected chi connectivity index (χ0v) is 35.8. The van der Waals surface area contributed by atoms with Crippen molar-refractivity contribution in [1.82, 2.24) is 40.0 Å². The summed E-state index contributed by atoms with van der Waals surface area (Å²) in [6.07, 6.45) is 7.59. The lowest BCUT2D eigenvalue weighted by Crippen LogP contribution is -2.74. The summed E-state index contributed by atoms with van der Waals surface area (Å²) >= 11 is 12.3. The standard InChI is InChI=1S/C22H25ClN4O3.C21H23ClN4O3/c1-21(2,3)30-20(29)27-10-22(11-27)8-15-17(19(28)25-22)13-6-5-12-9-24-16(23)7-14(12)18(13)26(15)4;1-20(2,3)29-19(28)26-9-21(10-26)7-14-16(18(27)25-21)12-5-4-11-8-23-15(22)6-13(11)17(12)24-14/h7,9H,5-6,8,10-11H2,1-4H3,(H,25,28);6,8,24H,4-5,7,9-10H2,1-3H3,(H,25,27). The van der Waals surface area contributed by atoms with Gasteiger partial charge in [0.05, 0.1) is 33.6 Å². The predicted molar refractivity (Wildman–Crippen MR) is 221 cm³/mol. The number of H-pyrrole nitrogens is 1. The van der Waals surface area contributed by atoms with E-state index in [2.05, 4.69) is 30.2 Å². The molecule has 4 amide bonds. The van der Waals surface area contributed by atoms with Crippen molar-refractivity contribution in [3.05, 3.63) is 79.6 Å². The molecule has 2 fully saturated rings. The fourth-order valence-corrected chi connectivity index (χ4v) is 9.96. The second kappa shape index (κ2) is 13.5. The molecular formula is C43H48Cl2N8O6. The average molecular weight is 844 g/mol. The molecule has 2 aliphatic carbocycles. The van der Waals surface area contributed by atoms with Crippen molar-refractivity contribution in [3.63, 3.8) is 0 Å². The summed E-state index contributed by atoms with van der Waals surface area (Å²) in [6.45, 7) is 12.9. The van der Waals surface area contributed by atoms with Crippen LogP contribution in [0.5, 0.6) is 0 Å². The highest BCUT2D eigenvalue weighted by molar-refractivity contribution is 6.30. The Morgan fingerprint density at radius 2 is 1.20 bits per heavy atom. The van der Waals surface area contributed by atoms with Gasteiger partial charge >= 0.3 is 12.2 Å². The summed E-state index contributed by atoms with van der Waals surface area (Å²) < 4.78 is 13.0. The molecular weight excluding hydrogens is 795 g/mol. The zero-order valence-electron chi connectivity index (χ0n) is 34.3. The molecule has 14 nitrogen and oxygen atoms in total. The largest absolute Gasteiger partial charge is 0.444 e. The van der Waals surface area contributed by atoms with Crippen molar-refractivity contribution in [2.45, 2.75) is 102 Å². The van der Waals surface area contributed by atoms with Crippen molar-refractivity contribution in [1.29, 1.82) is 0 Å². The Labute approximate surface area is 352 Å². The molecule has 2 saturated heterocycles. The number of aromatic nitrogens is 4. The summed E-state index contributed by atoms with van der Waals surface area (Å²) in [4.78, 5) is 66.0. The van der Waals surface area contributed by atoms with Crippen LogP contribution in [0.3, 0.4) is 0 Å². The third-order valence-corrected chi connectivity index (χ3v) is 12.4. The summed E-state index contributed by atoms with van der Waals surface area (Å²) in [7, 11) is 2.01. The first kappa shape index (κ1) is 39.4. The Balaban J connectivity index is 0.000000152. The van der Waals surface area contributed by atoms with Crippen LogP contribution in [0.15, 0.2) is 24.5 Å². The number of ether oxygens (including phenoxy) is 2. The molecule has 0 atom stereocenters. The average Bonchev–Trinajstić information content (AvgIpc) is 3.63. The predicted octanol–water partition coefficient (Wildman–Crippen LogP) is 6.22. The smallest absolute Gasteiger partial charge is 0.410 e. The first-order valence-electron chi connectivity index (χ1n) is 20.1. The molecule has 4 aromatic heterocycles. The first-order chi connectivity index (χ1) is 27.7. The number of hydrogen-bond acceptors (Lipinski definition) is 8. The lowest BCUT2D eigenvalue weighted by Gasteiger charge is -2.51. The molecule has 3 N–H and O–H groups in total. The molecule has 8 heterocycles. The van der Waals surface area contributed by atoms with Gasteiger partial charge in [-0.2, -0.15) is 0 Å². The molecule has 16 heteroatoms. The van der Waals surface area contributed by atoms with Crippen LogP contribution in [0, 0.1) is 0 Å². The van der Waals surface area contributed by atoms with E-state index >= 15 is 0 Å². The van der Waals surface area contributed by atoms with E-state index in [1.807, 2.05) is 73.1 Å². The third-order valence-electron chi connectivity index (χ3n) is 12.0. The number of likely N-dealkylation sites (tertiary alicyclic amines) is 2. The number of fused-ring (bicyclic) bond motifs is 10. The molecule has 0 unspecified atom stereocenters. The van der Waals surface area contributed by atoms with Crippen molar-refractivity contribution in [2.24, 2.45) is 7.05 Å². The van der Waals surface area contributed by atoms with Gasteiger partial charge in [0.1, 0.15) is 21.5 Å². The normalized spacial score (nSPS) is 18.9. The van der Waals surface area contributed by atoms with Gasteiger partial charge < -0.3 is 39.5 Å². The molecule has 4 aliphatic heterocycles. The van der Waals surface area contributed by atoms with Crippen LogP contribution in [0.2, 0.25) is 10.3 Å². The second-order valence-electron chi connectivity index (χ2n) is 18.9. The number of carbonyl (C=O) groups excluding carboxylic acids is 4. The van der Waals surface area contributed by atoms with E-state index in [0.717, 1.165) is 93.0 Å². The molecule has 6 aliphatic rings. The monoisotopic (exact) mass is 842 g/mol. The van der Waals surface area contributed by atoms with Crippen LogP contribution in [0.1, 0.15) is 95.9 Å². The maximum Gasteiger partial charge on any atom is 0.410 e. The molecule has 310 valence electrons. The van der Waals surface area contributed by atoms with Gasteiger partial charge in [0.15, 0.2) is 0 Å². The quantitative estimate of drug-likeness (QED) is 0.176. The molecule has 59 heavy (non-hydrogen) atoms. The summed E-state index contributed by atoms with van der Waals surface area (Å²) in [5, 5.41) is 7.24. The number of rotatable bonds is 0. The molecule has 4 aromatic rings. The number of halogens is 2. The van der Waals surface area contributed by atoms with E-state index in [1.165, 1.54) is 0 Å². The third kappa shape index (κ3) is 6.91. The highest BCUT2D eigenvalue weighted by Crippen LogP contribution is 2.44. The lowest BCUT2D eigenvalue weighted by molar-refractivity contribution is -0.0172. The summed E-state index contributed by atoms with van der Waals surface area (Å²) in [5.74, 6) is -0.128. The SMILES string of the molecule is CC(C)(C)OC(=O)N1CC2(Cc3[nH]c4c(c3C(=O)N2)CCc2cnc(Cl)cc2-4)C1.Cn1c2c(c3c1-c1cc(Cl)ncc1CC3)C(=O)NC1(C2)CN(C(=O)OC(C)(C)C)C1. The number of nitrogens with zero attached hydrogens (tertiary/aromatic N) is 5. The van der Waals surface area contributed by atoms with E-state index in [4.69, 9.17) is 32.7 Å². The Hall–Kier alpha value is -5.08. The Morgan fingerprint density at radius 1 is 0.712 bits per heavy atom. The van der Waals surface area contributed by atoms with Gasteiger partial charge in [-0.25, -0.2) is 19.6 Å². The zero-order chi connectivity index (χ0) is 42.0. The molecule has 10 rings (SSSR count). The van der Waals surface area contributed by atoms with E-state index in [9.17, 15) is 19.2 Å². The van der Waals surface area contributed by atoms with Crippen molar-refractivity contribution in [3.8, 4) is 22.5 Å². The summed E-state index contributed by atoms with van der Waals surface area (Å²) in [6, 6.07) is 3.75. The topological polar surface area (TPSA) is 164 Å². The van der Waals surface area contributed by atoms with Gasteiger partial charge in [0, 0.05) is 81.0 Å². The minimum absolute atomic E-state index is 0.0551. The highest BCUT2D eigenvalue weighted by Gasteiger charge is 2.53. The number of amides is 4. The number of aryl methyl sites for hydroxylation is 2. The van der Waals surface area contributed by atoms with Crippen LogP contribution < -0.4 is 10.6 Å². The van der Waals surface area contributed by atoms with E-state index in [-0.39, 0.29) is 24.0 Å². The van der Waals surface area contributed by atoms with Gasteiger partial charge in [0.25, 0.3) is 11.8 Å². The Kier molecular flexibility index (Phi) is 8.99. The maximum absolute atomic E-state index is 13.2. The molecule has 0 aromatic carbocycles. The number of nitrogens with one attached hydrogen (secondary N) is 3. The van der Waals surface area contributed by atoms with E-state index < -0.39 is 22.3 Å². The van der Waals surface area contributed by atoms with Crippen LogP contribution in [0.4, 0.5) is 9.59 Å². The minimum atomic E-state index is -0.538. The lowest BCUT2D eigenvalue weighted by atomic mass is 9.80. The van der Waals surface area contributed by atoms with Crippen LogP contribution in [-0.4, -0.2) is 102 Å². The molecule has 2 spiro atoms. The number of pyridine rings is 2. The number of aromatic amines is 1. The molecule has 0 bridgehead atoms. The fourth-order valence-electron chi connectivity index (χ4n) is 9.64. The van der Waals surface area contributed by atoms with Crippen molar-refractivity contribution in [2.75, 3.05) is 26.2 Å². The maximum atomic E-state index is 13.2. The molecule has 0 saturated carbocycles. The number of carbonyl (C=O) groups is 4. The second-order valence-corrected chi connectivity index (χ2v) is 19.6. The van der Waals surface area contributed by atoms with Gasteiger partial charge in [0.2, 0.25) is 0 Å². The van der Waals surface area contributed by atoms with Gasteiger partial charge in [-0.1, -0.05) is 23.2 Å².